The fourth-order valence-corrected chi connectivity index (χ4v) is 18.1. The van der Waals surface area contributed by atoms with Crippen molar-refractivity contribution >= 4 is 152 Å². The van der Waals surface area contributed by atoms with Gasteiger partial charge >= 0.3 is 7.69 Å². The number of aryl methyl sites for hydroxylation is 4. The molecule has 2 aliphatic carbocycles. The zero-order valence-electron chi connectivity index (χ0n) is 49.9. The number of fused-ring (bicyclic) bond motifs is 24. The molecule has 20 rings (SSSR count). The molecule has 14 aromatic carbocycles. The van der Waals surface area contributed by atoms with Crippen LogP contribution in [0.5, 0.6) is 5.75 Å². The lowest BCUT2D eigenvalue weighted by atomic mass is 9.83. The van der Waals surface area contributed by atoms with Crippen molar-refractivity contribution in [2.45, 2.75) is 33.1 Å². The second-order valence-corrected chi connectivity index (χ2v) is 27.1. The summed E-state index contributed by atoms with van der Waals surface area (Å²) < 4.78 is 16.5. The molecule has 18 aromatic rings. The van der Waals surface area contributed by atoms with Crippen molar-refractivity contribution in [3.8, 4) is 50.5 Å². The van der Waals surface area contributed by atoms with E-state index in [4.69, 9.17) is 9.68 Å². The average molecular weight is 1300 g/mol. The van der Waals surface area contributed by atoms with Gasteiger partial charge in [-0.25, -0.2) is 0 Å². The Morgan fingerprint density at radius 3 is 1.33 bits per heavy atom. The van der Waals surface area contributed by atoms with Gasteiger partial charge in [0, 0.05) is 88.5 Å². The number of benzene rings is 14. The highest BCUT2D eigenvalue weighted by atomic mass is 79.9. The summed E-state index contributed by atoms with van der Waals surface area (Å²) in [5.41, 5.74) is 21.3. The summed E-state index contributed by atoms with van der Waals surface area (Å²) in [7, 11) is 0.697. The van der Waals surface area contributed by atoms with E-state index in [1.165, 1.54) is 171 Å². The number of rotatable bonds is 5. The van der Waals surface area contributed by atoms with Crippen molar-refractivity contribution in [2.75, 3.05) is 0 Å². The van der Waals surface area contributed by atoms with Crippen LogP contribution in [0.15, 0.2) is 284 Å². The Labute approximate surface area is 555 Å². The molecule has 93 heavy (non-hydrogen) atoms. The Hall–Kier alpha value is -10.1. The molecular weight excluding hydrogens is 1240 g/mol. The summed E-state index contributed by atoms with van der Waals surface area (Å²) in [5.74, 6) is 0.599. The molecule has 4 heterocycles. The Morgan fingerprint density at radius 2 is 0.785 bits per heavy atom. The largest absolute Gasteiger partial charge is 0.569 e. The second-order valence-electron chi connectivity index (χ2n) is 24.1. The first-order valence-electron chi connectivity index (χ1n) is 31.4. The van der Waals surface area contributed by atoms with Crippen LogP contribution in [0.2, 0.25) is 0 Å². The third-order valence-corrected chi connectivity index (χ3v) is 22.5. The van der Waals surface area contributed by atoms with E-state index in [-0.39, 0.29) is 7.43 Å². The number of nitrogens with zero attached hydrogens (tertiary/aromatic N) is 2. The van der Waals surface area contributed by atoms with Crippen LogP contribution in [-0.2, 0) is 25.7 Å². The summed E-state index contributed by atoms with van der Waals surface area (Å²) in [6, 6.07) is 101. The van der Waals surface area contributed by atoms with Gasteiger partial charge in [0.2, 0.25) is 0 Å². The Morgan fingerprint density at radius 1 is 0.355 bits per heavy atom. The average Bonchev–Trinajstić information content (AvgIpc) is 1.67. The number of aromatic nitrogens is 2. The van der Waals surface area contributed by atoms with Gasteiger partial charge < -0.3 is 18.8 Å². The summed E-state index contributed by atoms with van der Waals surface area (Å²) in [6.45, 7) is 0. The van der Waals surface area contributed by atoms with Crippen LogP contribution in [0.4, 0.5) is 0 Å². The topological polar surface area (TPSA) is 39.3 Å². The summed E-state index contributed by atoms with van der Waals surface area (Å²) in [6.07, 6.45) is 4.53. The second kappa shape index (κ2) is 23.3. The molecule has 4 aromatic heterocycles. The first-order chi connectivity index (χ1) is 45.5. The van der Waals surface area contributed by atoms with Gasteiger partial charge in [-0.05, 0) is 175 Å². The summed E-state index contributed by atoms with van der Waals surface area (Å²) >= 11 is 7.53. The fourth-order valence-electron chi connectivity index (χ4n) is 15.1. The minimum absolute atomic E-state index is 0. The molecule has 0 bridgehead atoms. The van der Waals surface area contributed by atoms with Gasteiger partial charge in [0.05, 0.1) is 22.1 Å². The molecule has 0 fully saturated rings. The standard InChI is InChI=1S/C42H27NS.C22H15BNO2.C20H13BrS.CH4/c1-3-10-31-26(8-1)16-17-29-21-25-38-40(39(29)31)36-14-7-13-33(42(36)44-38)28-18-22-30(23-19-28)43-37-15-6-5-12-34(37)35-24-20-27-9-2-4-11-32(27)41(35)43;25-23-26-17-12-10-16(11-13-17)24-21-8-4-3-7-19(21)20-14-9-15-5-1-2-6-18(15)22(20)24;21-16-7-3-6-15-19-17(22-20(15)16)11-10-13-9-8-12-4-1-2-5-14(12)18(13)19;/h1-15,18-25H,16-17H2;1-14,25H;1-7,10-11H,8-9H2;1H4. The molecule has 1 radical (unpaired) electrons. The number of hydrogen-bond acceptors (Lipinski definition) is 4. The smallest absolute Gasteiger partial charge is 0.537 e. The first-order valence-corrected chi connectivity index (χ1v) is 33.9. The van der Waals surface area contributed by atoms with Crippen LogP contribution in [-0.4, -0.2) is 21.8 Å². The Bertz CT molecular complexity index is 6000. The van der Waals surface area contributed by atoms with E-state index >= 15 is 0 Å². The van der Waals surface area contributed by atoms with Crippen LogP contribution >= 0.6 is 38.6 Å². The van der Waals surface area contributed by atoms with Gasteiger partial charge in [-0.3, -0.25) is 0 Å². The molecule has 2 aliphatic rings. The van der Waals surface area contributed by atoms with Crippen molar-refractivity contribution in [1.82, 2.24) is 9.13 Å². The molecule has 0 atom stereocenters. The Balaban J connectivity index is 0.000000115. The third kappa shape index (κ3) is 9.33. The molecule has 0 amide bonds. The van der Waals surface area contributed by atoms with Gasteiger partial charge in [-0.1, -0.05) is 220 Å². The van der Waals surface area contributed by atoms with Crippen molar-refractivity contribution in [3.63, 3.8) is 0 Å². The summed E-state index contributed by atoms with van der Waals surface area (Å²) in [5, 5.41) is 24.5. The van der Waals surface area contributed by atoms with Gasteiger partial charge in [-0.15, -0.1) is 22.7 Å². The van der Waals surface area contributed by atoms with Crippen molar-refractivity contribution < 1.29 is 9.68 Å². The highest BCUT2D eigenvalue weighted by Gasteiger charge is 2.25. The van der Waals surface area contributed by atoms with Crippen LogP contribution < -0.4 is 4.65 Å². The predicted molar refractivity (Wildman–Crippen MR) is 403 cm³/mol. The molecule has 0 saturated heterocycles. The van der Waals surface area contributed by atoms with E-state index in [2.05, 4.69) is 280 Å². The van der Waals surface area contributed by atoms with Gasteiger partial charge in [0.15, 0.2) is 0 Å². The van der Waals surface area contributed by atoms with Crippen LogP contribution in [0.25, 0.3) is 150 Å². The van der Waals surface area contributed by atoms with E-state index in [1.54, 1.807) is 0 Å². The van der Waals surface area contributed by atoms with E-state index in [1.807, 2.05) is 46.9 Å². The van der Waals surface area contributed by atoms with Crippen LogP contribution in [0.1, 0.15) is 29.7 Å². The normalized spacial score (nSPS) is 12.4. The van der Waals surface area contributed by atoms with Crippen LogP contribution in [0.3, 0.4) is 0 Å². The quantitative estimate of drug-likeness (QED) is 0.174. The summed E-state index contributed by atoms with van der Waals surface area (Å²) in [4.78, 5) is 0. The lowest BCUT2D eigenvalue weighted by Gasteiger charge is -2.21. The zero-order valence-corrected chi connectivity index (χ0v) is 53.1. The maximum atomic E-state index is 8.82. The van der Waals surface area contributed by atoms with E-state index in [9.17, 15) is 0 Å². The molecule has 0 saturated carbocycles. The van der Waals surface area contributed by atoms with Crippen molar-refractivity contribution in [2.24, 2.45) is 0 Å². The zero-order chi connectivity index (χ0) is 61.0. The minimum atomic E-state index is 0. The first kappa shape index (κ1) is 56.9. The van der Waals surface area contributed by atoms with Gasteiger partial charge in [0.25, 0.3) is 0 Å². The molecule has 0 aliphatic heterocycles. The van der Waals surface area contributed by atoms with Crippen molar-refractivity contribution in [3.05, 3.63) is 306 Å². The fraction of sp³-hybridized carbons (Fsp3) is 0.0588. The van der Waals surface area contributed by atoms with E-state index in [0.29, 0.717) is 13.4 Å². The molecule has 0 unspecified atom stereocenters. The predicted octanol–water partition coefficient (Wildman–Crippen LogP) is 23.8. The molecule has 8 heteroatoms. The molecule has 4 nitrogen and oxygen atoms in total. The highest BCUT2D eigenvalue weighted by molar-refractivity contribution is 9.10. The number of para-hydroxylation sites is 2. The lowest BCUT2D eigenvalue weighted by Crippen LogP contribution is -2.03. The molecule has 0 spiro atoms. The molecular formula is C85H59BBrN2O2S2. The Kier molecular flexibility index (Phi) is 14.2. The third-order valence-electron chi connectivity index (χ3n) is 19.2. The maximum Gasteiger partial charge on any atom is 0.569 e. The minimum Gasteiger partial charge on any atom is -0.537 e. The highest BCUT2D eigenvalue weighted by Crippen LogP contribution is 2.50. The molecule has 1 N–H and O–H groups in total. The SMILES string of the molecule is Brc1cccc2c1sc1ccc3c(c12)-c1ccccc1CC3.C.O[B]Oc1ccc(-n2c3ccccc3c3ccc4ccccc4c32)cc1.c1ccc2c(c1)CCc1ccc3sc4c(-c5ccc(-n6c7ccccc7c7ccc8ccccc8c76)cc5)cccc4c3c1-2. The van der Waals surface area contributed by atoms with Gasteiger partial charge in [-0.2, -0.15) is 0 Å². The van der Waals surface area contributed by atoms with E-state index < -0.39 is 0 Å². The van der Waals surface area contributed by atoms with Crippen molar-refractivity contribution in [1.29, 1.82) is 0 Å². The number of thiophene rings is 2. The lowest BCUT2D eigenvalue weighted by molar-refractivity contribution is 0.454. The van der Waals surface area contributed by atoms with E-state index in [0.717, 1.165) is 31.4 Å². The number of hydrogen-bond donors (Lipinski definition) is 1. The molecule has 443 valence electrons. The van der Waals surface area contributed by atoms with Gasteiger partial charge in [0.1, 0.15) is 5.75 Å². The maximum absolute atomic E-state index is 8.82. The monoisotopic (exact) mass is 1290 g/mol. The van der Waals surface area contributed by atoms with Crippen LogP contribution in [0, 0.1) is 0 Å². The number of halogens is 1.